The fourth-order valence-corrected chi connectivity index (χ4v) is 1.52. The van der Waals surface area contributed by atoms with E-state index in [0.717, 1.165) is 11.1 Å². The van der Waals surface area contributed by atoms with E-state index < -0.39 is 0 Å². The monoisotopic (exact) mass is 213 g/mol. The molecule has 0 aliphatic heterocycles. The van der Waals surface area contributed by atoms with Gasteiger partial charge in [0.15, 0.2) is 11.6 Å². The summed E-state index contributed by atoms with van der Waals surface area (Å²) >= 11 is 0. The van der Waals surface area contributed by atoms with Crippen LogP contribution in [0.4, 0.5) is 4.39 Å². The number of methoxy groups -OCH3 is 2. The van der Waals surface area contributed by atoms with Crippen LogP contribution in [0.2, 0.25) is 0 Å². The molecule has 1 aromatic carbocycles. The molecular weight excluding hydrogens is 197 g/mol. The van der Waals surface area contributed by atoms with Crippen LogP contribution in [0.3, 0.4) is 0 Å². The van der Waals surface area contributed by atoms with E-state index in [9.17, 15) is 4.39 Å². The summed E-state index contributed by atoms with van der Waals surface area (Å²) in [5.41, 5.74) is 1.74. The van der Waals surface area contributed by atoms with Gasteiger partial charge in [0.2, 0.25) is 0 Å². The predicted molar refractivity (Wildman–Crippen MR) is 56.4 cm³/mol. The third-order valence-electron chi connectivity index (χ3n) is 2.17. The van der Waals surface area contributed by atoms with Gasteiger partial charge in [0, 0.05) is 19.2 Å². The van der Waals surface area contributed by atoms with E-state index in [-0.39, 0.29) is 5.82 Å². The van der Waals surface area contributed by atoms with Crippen LogP contribution >= 0.6 is 0 Å². The second-order valence-electron chi connectivity index (χ2n) is 3.18. The molecule has 0 aliphatic rings. The Balaban J connectivity index is 3.15. The maximum atomic E-state index is 13.4. The molecule has 0 saturated heterocycles. The van der Waals surface area contributed by atoms with Gasteiger partial charge in [-0.2, -0.15) is 0 Å². The van der Waals surface area contributed by atoms with Crippen molar-refractivity contribution in [3.8, 4) is 5.75 Å². The largest absolute Gasteiger partial charge is 0.493 e. The van der Waals surface area contributed by atoms with E-state index in [2.05, 4.69) is 5.32 Å². The van der Waals surface area contributed by atoms with E-state index in [1.165, 1.54) is 13.2 Å². The molecule has 0 heterocycles. The maximum Gasteiger partial charge on any atom is 0.165 e. The molecule has 3 nitrogen and oxygen atoms in total. The highest BCUT2D eigenvalue weighted by Gasteiger charge is 2.13. The van der Waals surface area contributed by atoms with Gasteiger partial charge in [0.25, 0.3) is 0 Å². The first-order valence-corrected chi connectivity index (χ1v) is 4.72. The van der Waals surface area contributed by atoms with Gasteiger partial charge >= 0.3 is 0 Å². The van der Waals surface area contributed by atoms with E-state index >= 15 is 0 Å². The zero-order chi connectivity index (χ0) is 11.3. The lowest BCUT2D eigenvalue weighted by Gasteiger charge is -2.13. The predicted octanol–water partition coefficient (Wildman–Crippen LogP) is 1.70. The van der Waals surface area contributed by atoms with Crippen molar-refractivity contribution in [1.82, 2.24) is 5.32 Å². The normalized spacial score (nSPS) is 10.4. The smallest absolute Gasteiger partial charge is 0.165 e. The minimum absolute atomic E-state index is 0.291. The van der Waals surface area contributed by atoms with Crippen LogP contribution in [0.1, 0.15) is 11.1 Å². The molecule has 4 heteroatoms. The first-order chi connectivity index (χ1) is 7.24. The zero-order valence-corrected chi connectivity index (χ0v) is 9.26. The molecule has 0 fully saturated rings. The lowest BCUT2D eigenvalue weighted by atomic mass is 10.1. The van der Waals surface area contributed by atoms with E-state index in [1.54, 1.807) is 20.2 Å². The standard InChI is InChI=1S/C11H16FNO2/c1-13-6-9-8(7-14-2)4-5-10(12)11(9)15-3/h4-5,13H,6-7H2,1-3H3. The SMILES string of the molecule is CNCc1c(COC)ccc(F)c1OC. The van der Waals surface area contributed by atoms with Crippen molar-refractivity contribution in [2.45, 2.75) is 13.2 Å². The van der Waals surface area contributed by atoms with Crippen LogP contribution in [-0.4, -0.2) is 21.3 Å². The molecule has 84 valence electrons. The minimum Gasteiger partial charge on any atom is -0.493 e. The van der Waals surface area contributed by atoms with Gasteiger partial charge in [-0.1, -0.05) is 6.07 Å². The highest BCUT2D eigenvalue weighted by atomic mass is 19.1. The van der Waals surface area contributed by atoms with Crippen LogP contribution in [0, 0.1) is 5.82 Å². The first-order valence-electron chi connectivity index (χ1n) is 4.72. The third kappa shape index (κ3) is 2.67. The van der Waals surface area contributed by atoms with Crippen molar-refractivity contribution < 1.29 is 13.9 Å². The van der Waals surface area contributed by atoms with Gasteiger partial charge in [0.1, 0.15) is 0 Å². The molecule has 0 bridgehead atoms. The topological polar surface area (TPSA) is 30.5 Å². The fourth-order valence-electron chi connectivity index (χ4n) is 1.52. The second kappa shape index (κ2) is 5.68. The molecule has 15 heavy (non-hydrogen) atoms. The van der Waals surface area contributed by atoms with Crippen LogP contribution < -0.4 is 10.1 Å². The minimum atomic E-state index is -0.345. The molecule has 0 atom stereocenters. The Labute approximate surface area is 89.2 Å². The summed E-state index contributed by atoms with van der Waals surface area (Å²) in [7, 11) is 4.88. The van der Waals surface area contributed by atoms with E-state index in [0.29, 0.717) is 18.9 Å². The molecule has 0 spiro atoms. The lowest BCUT2D eigenvalue weighted by molar-refractivity contribution is 0.183. The molecule has 0 radical (unpaired) electrons. The van der Waals surface area contributed by atoms with E-state index in [4.69, 9.17) is 9.47 Å². The fraction of sp³-hybridized carbons (Fsp3) is 0.455. The molecular formula is C11H16FNO2. The molecule has 0 saturated carbocycles. The average molecular weight is 213 g/mol. The van der Waals surface area contributed by atoms with Crippen molar-refractivity contribution >= 4 is 0 Å². The van der Waals surface area contributed by atoms with Crippen molar-refractivity contribution in [3.63, 3.8) is 0 Å². The summed E-state index contributed by atoms with van der Waals surface area (Å²) in [6, 6.07) is 3.11. The number of benzene rings is 1. The van der Waals surface area contributed by atoms with Crippen LogP contribution in [-0.2, 0) is 17.9 Å². The third-order valence-corrected chi connectivity index (χ3v) is 2.17. The number of rotatable bonds is 5. The molecule has 1 aromatic rings. The van der Waals surface area contributed by atoms with Gasteiger partial charge in [-0.05, 0) is 18.7 Å². The van der Waals surface area contributed by atoms with Gasteiger partial charge in [-0.15, -0.1) is 0 Å². The van der Waals surface area contributed by atoms with Crippen molar-refractivity contribution in [1.29, 1.82) is 0 Å². The van der Waals surface area contributed by atoms with Gasteiger partial charge in [0.05, 0.1) is 13.7 Å². The number of hydrogen-bond acceptors (Lipinski definition) is 3. The van der Waals surface area contributed by atoms with Crippen molar-refractivity contribution in [2.75, 3.05) is 21.3 Å². The highest BCUT2D eigenvalue weighted by Crippen LogP contribution is 2.26. The Morgan fingerprint density at radius 1 is 1.33 bits per heavy atom. The average Bonchev–Trinajstić information content (AvgIpc) is 2.23. The van der Waals surface area contributed by atoms with Gasteiger partial charge in [-0.25, -0.2) is 4.39 Å². The molecule has 0 unspecified atom stereocenters. The van der Waals surface area contributed by atoms with Crippen LogP contribution in [0.25, 0.3) is 0 Å². The quantitative estimate of drug-likeness (QED) is 0.807. The molecule has 1 N–H and O–H groups in total. The summed E-state index contributed by atoms with van der Waals surface area (Å²) in [5, 5.41) is 2.98. The highest BCUT2D eigenvalue weighted by molar-refractivity contribution is 5.41. The zero-order valence-electron chi connectivity index (χ0n) is 9.26. The Kier molecular flexibility index (Phi) is 4.52. The summed E-state index contributed by atoms with van der Waals surface area (Å²) in [6.07, 6.45) is 0. The summed E-state index contributed by atoms with van der Waals surface area (Å²) < 4.78 is 23.5. The Morgan fingerprint density at radius 2 is 2.07 bits per heavy atom. The summed E-state index contributed by atoms with van der Waals surface area (Å²) in [6.45, 7) is 1.01. The maximum absolute atomic E-state index is 13.4. The van der Waals surface area contributed by atoms with Gasteiger partial charge < -0.3 is 14.8 Å². The Bertz CT molecular complexity index is 329. The molecule has 1 rings (SSSR count). The number of hydrogen-bond donors (Lipinski definition) is 1. The Morgan fingerprint density at radius 3 is 2.60 bits per heavy atom. The first kappa shape index (κ1) is 11.9. The summed E-state index contributed by atoms with van der Waals surface area (Å²) in [4.78, 5) is 0. The van der Waals surface area contributed by atoms with Gasteiger partial charge in [-0.3, -0.25) is 0 Å². The van der Waals surface area contributed by atoms with Crippen molar-refractivity contribution in [2.24, 2.45) is 0 Å². The number of ether oxygens (including phenoxy) is 2. The molecule has 0 aliphatic carbocycles. The van der Waals surface area contributed by atoms with Crippen LogP contribution in [0.15, 0.2) is 12.1 Å². The molecule has 0 amide bonds. The van der Waals surface area contributed by atoms with E-state index in [1.807, 2.05) is 0 Å². The molecule has 0 aromatic heterocycles. The Hall–Kier alpha value is -1.13. The lowest BCUT2D eigenvalue weighted by Crippen LogP contribution is -2.11. The summed E-state index contributed by atoms with van der Waals surface area (Å²) in [5.74, 6) is -0.0542. The number of nitrogens with one attached hydrogen (secondary N) is 1. The van der Waals surface area contributed by atoms with Crippen molar-refractivity contribution in [3.05, 3.63) is 29.1 Å². The second-order valence-corrected chi connectivity index (χ2v) is 3.18. The number of halogens is 1. The van der Waals surface area contributed by atoms with Crippen LogP contribution in [0.5, 0.6) is 5.75 Å².